The van der Waals surface area contributed by atoms with Crippen LogP contribution >= 0.6 is 0 Å². The van der Waals surface area contributed by atoms with E-state index in [-0.39, 0.29) is 11.5 Å². The number of carbonyl (C=O) groups excluding carboxylic acids is 2. The van der Waals surface area contributed by atoms with E-state index in [9.17, 15) is 9.59 Å². The number of rotatable bonds is 5. The molecule has 1 amide bonds. The average molecular weight is 287 g/mol. The first-order valence-corrected chi connectivity index (χ1v) is 6.80. The number of fused-ring (bicyclic) bond motifs is 1. The van der Waals surface area contributed by atoms with Crippen LogP contribution < -0.4 is 0 Å². The molecule has 21 heavy (non-hydrogen) atoms. The highest BCUT2D eigenvalue weighted by Gasteiger charge is 2.12. The monoisotopic (exact) mass is 287 g/mol. The summed E-state index contributed by atoms with van der Waals surface area (Å²) in [5, 5.41) is 0.868. The number of hydrogen-bond donors (Lipinski definition) is 0. The molecule has 0 aliphatic carbocycles. The Morgan fingerprint density at radius 3 is 2.71 bits per heavy atom. The predicted octanol–water partition coefficient (Wildman–Crippen LogP) is 3.61. The van der Waals surface area contributed by atoms with Crippen LogP contribution in [0.2, 0.25) is 0 Å². The van der Waals surface area contributed by atoms with Gasteiger partial charge in [0.25, 0.3) is 0 Å². The van der Waals surface area contributed by atoms with Gasteiger partial charge in [-0.3, -0.25) is 9.69 Å². The van der Waals surface area contributed by atoms with E-state index in [0.29, 0.717) is 18.7 Å². The van der Waals surface area contributed by atoms with E-state index in [0.717, 1.165) is 5.39 Å². The van der Waals surface area contributed by atoms with E-state index in [2.05, 4.69) is 0 Å². The van der Waals surface area contributed by atoms with Gasteiger partial charge in [0.2, 0.25) is 5.78 Å². The summed E-state index contributed by atoms with van der Waals surface area (Å²) >= 11 is 0. The molecule has 2 aromatic rings. The number of para-hydroxylation sites is 1. The van der Waals surface area contributed by atoms with Crippen LogP contribution in [0.25, 0.3) is 11.0 Å². The minimum absolute atomic E-state index is 0.243. The van der Waals surface area contributed by atoms with Gasteiger partial charge in [-0.1, -0.05) is 18.2 Å². The average Bonchev–Trinajstić information content (AvgIpc) is 2.92. The zero-order valence-electron chi connectivity index (χ0n) is 12.0. The number of carbonyl (C=O) groups is 2. The molecule has 0 radical (unpaired) electrons. The molecular weight excluding hydrogens is 270 g/mol. The maximum absolute atomic E-state index is 12.1. The summed E-state index contributed by atoms with van der Waals surface area (Å²) in [7, 11) is 0. The first-order valence-electron chi connectivity index (χ1n) is 6.80. The Labute approximate surface area is 122 Å². The number of amides is 1. The summed E-state index contributed by atoms with van der Waals surface area (Å²) in [5.41, 5.74) is 0.659. The molecule has 1 heterocycles. The molecule has 0 unspecified atom stereocenters. The highest BCUT2D eigenvalue weighted by atomic mass is 16.6. The van der Waals surface area contributed by atoms with Gasteiger partial charge in [-0.15, -0.1) is 0 Å². The molecule has 0 bridgehead atoms. The minimum atomic E-state index is -0.478. The summed E-state index contributed by atoms with van der Waals surface area (Å²) in [4.78, 5) is 25.0. The number of allylic oxidation sites excluding steroid dienone is 1. The second-order valence-corrected chi connectivity index (χ2v) is 4.31. The first kappa shape index (κ1) is 14.8. The summed E-state index contributed by atoms with van der Waals surface area (Å²) in [5.74, 6) is -0.0543. The van der Waals surface area contributed by atoms with Crippen molar-refractivity contribution >= 4 is 22.8 Å². The molecule has 0 aliphatic rings. The van der Waals surface area contributed by atoms with E-state index in [1.165, 1.54) is 17.2 Å². The van der Waals surface area contributed by atoms with Crippen LogP contribution in [0.15, 0.2) is 47.0 Å². The first-order chi connectivity index (χ1) is 10.2. The van der Waals surface area contributed by atoms with Crippen molar-refractivity contribution in [3.05, 3.63) is 48.4 Å². The Hall–Kier alpha value is -2.56. The predicted molar refractivity (Wildman–Crippen MR) is 79.1 cm³/mol. The summed E-state index contributed by atoms with van der Waals surface area (Å²) in [6.07, 6.45) is 2.24. The molecule has 0 aliphatic heterocycles. The molecule has 0 saturated carbocycles. The summed E-state index contributed by atoms with van der Waals surface area (Å²) in [6, 6.07) is 9.07. The molecule has 5 nitrogen and oxygen atoms in total. The fourth-order valence-corrected chi connectivity index (χ4v) is 1.84. The maximum Gasteiger partial charge on any atom is 0.413 e. The van der Waals surface area contributed by atoms with E-state index < -0.39 is 6.09 Å². The number of ether oxygens (including phenoxy) is 1. The maximum atomic E-state index is 12.1. The molecule has 0 saturated heterocycles. The molecule has 1 aromatic heterocycles. The van der Waals surface area contributed by atoms with Crippen LogP contribution in [0.5, 0.6) is 0 Å². The standard InChI is InChI=1S/C16H17NO4/c1-3-17(16(19)20-4-2)10-9-13(18)15-11-12-7-5-6-8-14(12)21-15/h5-11H,3-4H2,1-2H3. The second kappa shape index (κ2) is 6.74. The van der Waals surface area contributed by atoms with E-state index in [1.807, 2.05) is 18.2 Å². The van der Waals surface area contributed by atoms with Crippen LogP contribution in [0.1, 0.15) is 24.4 Å². The molecule has 0 N–H and O–H groups in total. The summed E-state index contributed by atoms with van der Waals surface area (Å²) < 4.78 is 10.4. The van der Waals surface area contributed by atoms with Crippen molar-refractivity contribution in [3.8, 4) is 0 Å². The van der Waals surface area contributed by atoms with E-state index in [4.69, 9.17) is 9.15 Å². The van der Waals surface area contributed by atoms with Crippen LogP contribution in [0.3, 0.4) is 0 Å². The fourth-order valence-electron chi connectivity index (χ4n) is 1.84. The van der Waals surface area contributed by atoms with Crippen LogP contribution in [0, 0.1) is 0 Å². The normalized spacial score (nSPS) is 11.0. The molecular formula is C16H17NO4. The van der Waals surface area contributed by atoms with Crippen molar-refractivity contribution in [2.24, 2.45) is 0 Å². The minimum Gasteiger partial charge on any atom is -0.453 e. The van der Waals surface area contributed by atoms with Gasteiger partial charge in [0.1, 0.15) is 5.58 Å². The molecule has 0 atom stereocenters. The van der Waals surface area contributed by atoms with Gasteiger partial charge in [-0.2, -0.15) is 0 Å². The molecule has 110 valence electrons. The molecule has 0 spiro atoms. The molecule has 5 heteroatoms. The van der Waals surface area contributed by atoms with Crippen molar-refractivity contribution in [1.82, 2.24) is 4.90 Å². The van der Waals surface area contributed by atoms with Gasteiger partial charge in [-0.05, 0) is 26.0 Å². The SMILES string of the molecule is CCOC(=O)N(C=CC(=O)c1cc2ccccc2o1)CC. The highest BCUT2D eigenvalue weighted by molar-refractivity contribution is 6.04. The Bertz CT molecular complexity index is 639. The van der Waals surface area contributed by atoms with Gasteiger partial charge in [0.15, 0.2) is 5.76 Å². The topological polar surface area (TPSA) is 59.8 Å². The lowest BCUT2D eigenvalue weighted by Gasteiger charge is -2.14. The Balaban J connectivity index is 2.12. The van der Waals surface area contributed by atoms with Gasteiger partial charge in [-0.25, -0.2) is 4.79 Å². The highest BCUT2D eigenvalue weighted by Crippen LogP contribution is 2.19. The Morgan fingerprint density at radius 1 is 1.29 bits per heavy atom. The van der Waals surface area contributed by atoms with Crippen molar-refractivity contribution < 1.29 is 18.7 Å². The second-order valence-electron chi connectivity index (χ2n) is 4.31. The Morgan fingerprint density at radius 2 is 2.05 bits per heavy atom. The van der Waals surface area contributed by atoms with E-state index in [1.54, 1.807) is 26.0 Å². The van der Waals surface area contributed by atoms with Gasteiger partial charge in [0.05, 0.1) is 6.61 Å². The fraction of sp³-hybridized carbons (Fsp3) is 0.250. The van der Waals surface area contributed by atoms with Crippen LogP contribution in [-0.2, 0) is 4.74 Å². The lowest BCUT2D eigenvalue weighted by atomic mass is 10.2. The largest absolute Gasteiger partial charge is 0.453 e. The number of nitrogens with zero attached hydrogens (tertiary/aromatic N) is 1. The van der Waals surface area contributed by atoms with Crippen LogP contribution in [-0.4, -0.2) is 29.9 Å². The third kappa shape index (κ3) is 3.51. The van der Waals surface area contributed by atoms with Gasteiger partial charge < -0.3 is 9.15 Å². The lowest BCUT2D eigenvalue weighted by Crippen LogP contribution is -2.26. The van der Waals surface area contributed by atoms with Crippen molar-refractivity contribution in [2.75, 3.05) is 13.2 Å². The van der Waals surface area contributed by atoms with Crippen molar-refractivity contribution in [1.29, 1.82) is 0 Å². The van der Waals surface area contributed by atoms with Gasteiger partial charge >= 0.3 is 6.09 Å². The number of furan rings is 1. The number of hydrogen-bond acceptors (Lipinski definition) is 4. The Kier molecular flexibility index (Phi) is 4.77. The quantitative estimate of drug-likeness (QED) is 0.622. The smallest absolute Gasteiger partial charge is 0.413 e. The summed E-state index contributed by atoms with van der Waals surface area (Å²) in [6.45, 7) is 4.24. The third-order valence-electron chi connectivity index (χ3n) is 2.92. The third-order valence-corrected chi connectivity index (χ3v) is 2.92. The zero-order chi connectivity index (χ0) is 15.2. The number of ketones is 1. The van der Waals surface area contributed by atoms with Crippen molar-refractivity contribution in [2.45, 2.75) is 13.8 Å². The zero-order valence-corrected chi connectivity index (χ0v) is 12.0. The van der Waals surface area contributed by atoms with Gasteiger partial charge in [0, 0.05) is 24.2 Å². The molecule has 2 rings (SSSR count). The van der Waals surface area contributed by atoms with E-state index >= 15 is 0 Å². The lowest BCUT2D eigenvalue weighted by molar-refractivity contribution is 0.102. The van der Waals surface area contributed by atoms with Crippen LogP contribution in [0.4, 0.5) is 4.79 Å². The number of benzene rings is 1. The molecule has 0 fully saturated rings. The van der Waals surface area contributed by atoms with Crippen molar-refractivity contribution in [3.63, 3.8) is 0 Å². The molecule has 1 aromatic carbocycles.